The molecule has 1 rings (SSSR count). The van der Waals surface area contributed by atoms with E-state index in [9.17, 15) is 14.6 Å². The van der Waals surface area contributed by atoms with E-state index in [0.717, 1.165) is 25.7 Å². The second kappa shape index (κ2) is 6.24. The number of hydrogen-bond acceptors (Lipinski definition) is 2. The molecule has 0 heterocycles. The van der Waals surface area contributed by atoms with Crippen LogP contribution < -0.4 is 0 Å². The highest BCUT2D eigenvalue weighted by molar-refractivity contribution is 7.58. The lowest BCUT2D eigenvalue weighted by atomic mass is 9.91. The highest BCUT2D eigenvalue weighted by Gasteiger charge is 2.32. The molecular formula is C10H20ClO3P. The van der Waals surface area contributed by atoms with Crippen molar-refractivity contribution in [3.8, 4) is 0 Å². The van der Waals surface area contributed by atoms with Gasteiger partial charge in [-0.3, -0.25) is 4.57 Å². The molecule has 3 nitrogen and oxygen atoms in total. The van der Waals surface area contributed by atoms with Crippen molar-refractivity contribution in [3.63, 3.8) is 0 Å². The largest absolute Gasteiger partial charge is 0.383 e. The number of aliphatic hydroxyl groups is 1. The van der Waals surface area contributed by atoms with Crippen LogP contribution in [0.15, 0.2) is 0 Å². The minimum atomic E-state index is -3.40. The monoisotopic (exact) mass is 254 g/mol. The van der Waals surface area contributed by atoms with Gasteiger partial charge in [0.05, 0.1) is 0 Å². The van der Waals surface area contributed by atoms with Gasteiger partial charge in [-0.15, -0.1) is 11.6 Å². The SMILES string of the molecule is O=P(O)(CC1CCCCC1)[C@H](O)CCCl. The summed E-state index contributed by atoms with van der Waals surface area (Å²) in [6.07, 6.45) is 6.06. The van der Waals surface area contributed by atoms with Crippen LogP contribution in [0.1, 0.15) is 38.5 Å². The second-order valence-electron chi connectivity index (χ2n) is 4.40. The first-order chi connectivity index (χ1) is 7.06. The van der Waals surface area contributed by atoms with Gasteiger partial charge in [0.15, 0.2) is 0 Å². The molecular weight excluding hydrogens is 235 g/mol. The van der Waals surface area contributed by atoms with Gasteiger partial charge in [0.1, 0.15) is 5.85 Å². The van der Waals surface area contributed by atoms with E-state index in [-0.39, 0.29) is 18.5 Å². The van der Waals surface area contributed by atoms with Crippen LogP contribution in [0.4, 0.5) is 0 Å². The van der Waals surface area contributed by atoms with Gasteiger partial charge in [0.2, 0.25) is 7.37 Å². The van der Waals surface area contributed by atoms with E-state index in [1.807, 2.05) is 0 Å². The van der Waals surface area contributed by atoms with E-state index in [2.05, 4.69) is 0 Å². The highest BCUT2D eigenvalue weighted by atomic mass is 35.5. The van der Waals surface area contributed by atoms with Crippen LogP contribution in [-0.4, -0.2) is 27.9 Å². The zero-order chi connectivity index (χ0) is 11.3. The topological polar surface area (TPSA) is 57.5 Å². The lowest BCUT2D eigenvalue weighted by molar-refractivity contribution is 0.223. The van der Waals surface area contributed by atoms with Crippen molar-refractivity contribution < 1.29 is 14.6 Å². The molecule has 0 bridgehead atoms. The van der Waals surface area contributed by atoms with Crippen LogP contribution in [0.25, 0.3) is 0 Å². The molecule has 1 unspecified atom stereocenters. The molecule has 0 spiro atoms. The average Bonchev–Trinajstić information content (AvgIpc) is 2.19. The van der Waals surface area contributed by atoms with Gasteiger partial charge in [-0.25, -0.2) is 0 Å². The third-order valence-corrected chi connectivity index (χ3v) is 5.52. The number of halogens is 1. The van der Waals surface area contributed by atoms with Gasteiger partial charge in [0.25, 0.3) is 0 Å². The molecule has 5 heteroatoms. The second-order valence-corrected chi connectivity index (χ2v) is 7.25. The Bertz CT molecular complexity index is 229. The summed E-state index contributed by atoms with van der Waals surface area (Å²) >= 11 is 5.45. The van der Waals surface area contributed by atoms with Crippen molar-refractivity contribution in [2.24, 2.45) is 5.92 Å². The van der Waals surface area contributed by atoms with Crippen molar-refractivity contribution in [1.29, 1.82) is 0 Å². The molecule has 0 aromatic heterocycles. The fourth-order valence-electron chi connectivity index (χ4n) is 2.16. The maximum absolute atomic E-state index is 11.8. The first kappa shape index (κ1) is 13.5. The van der Waals surface area contributed by atoms with Crippen molar-refractivity contribution in [3.05, 3.63) is 0 Å². The predicted octanol–water partition coefficient (Wildman–Crippen LogP) is 2.78. The maximum Gasteiger partial charge on any atom is 0.228 e. The smallest absolute Gasteiger partial charge is 0.228 e. The van der Waals surface area contributed by atoms with E-state index in [0.29, 0.717) is 5.92 Å². The van der Waals surface area contributed by atoms with E-state index in [1.165, 1.54) is 6.42 Å². The van der Waals surface area contributed by atoms with Crippen LogP contribution in [0, 0.1) is 5.92 Å². The van der Waals surface area contributed by atoms with Crippen molar-refractivity contribution in [2.45, 2.75) is 44.4 Å². The van der Waals surface area contributed by atoms with Gasteiger partial charge >= 0.3 is 0 Å². The zero-order valence-electron chi connectivity index (χ0n) is 8.94. The summed E-state index contributed by atoms with van der Waals surface area (Å²) in [5.41, 5.74) is 0. The number of alkyl halides is 1. The summed E-state index contributed by atoms with van der Waals surface area (Å²) in [5, 5.41) is 9.51. The lowest BCUT2D eigenvalue weighted by Gasteiger charge is -2.26. The molecule has 2 N–H and O–H groups in total. The Kier molecular flexibility index (Phi) is 5.62. The van der Waals surface area contributed by atoms with Gasteiger partial charge < -0.3 is 10.00 Å². The van der Waals surface area contributed by atoms with Crippen molar-refractivity contribution in [2.75, 3.05) is 12.0 Å². The van der Waals surface area contributed by atoms with Crippen molar-refractivity contribution >= 4 is 19.0 Å². The van der Waals surface area contributed by atoms with Crippen molar-refractivity contribution in [1.82, 2.24) is 0 Å². The molecule has 1 saturated carbocycles. The van der Waals surface area contributed by atoms with E-state index in [1.54, 1.807) is 0 Å². The normalized spacial score (nSPS) is 24.7. The Hall–Kier alpha value is 0.440. The average molecular weight is 255 g/mol. The summed E-state index contributed by atoms with van der Waals surface area (Å²) in [7, 11) is -3.40. The zero-order valence-corrected chi connectivity index (χ0v) is 10.6. The Labute approximate surface area is 96.3 Å². The summed E-state index contributed by atoms with van der Waals surface area (Å²) in [6.45, 7) is 0. The Balaban J connectivity index is 2.43. The molecule has 90 valence electrons. The summed E-state index contributed by atoms with van der Waals surface area (Å²) < 4.78 is 11.8. The lowest BCUT2D eigenvalue weighted by Crippen LogP contribution is -2.17. The molecule has 1 aliphatic carbocycles. The molecule has 15 heavy (non-hydrogen) atoms. The molecule has 0 aromatic carbocycles. The number of hydrogen-bond donors (Lipinski definition) is 2. The molecule has 2 atom stereocenters. The van der Waals surface area contributed by atoms with Gasteiger partial charge in [-0.1, -0.05) is 19.3 Å². The van der Waals surface area contributed by atoms with Gasteiger partial charge in [-0.2, -0.15) is 0 Å². The molecule has 1 aliphatic rings. The number of aliphatic hydroxyl groups excluding tert-OH is 1. The highest BCUT2D eigenvalue weighted by Crippen LogP contribution is 2.50. The van der Waals surface area contributed by atoms with Crippen LogP contribution >= 0.6 is 19.0 Å². The van der Waals surface area contributed by atoms with Crippen LogP contribution in [0.5, 0.6) is 0 Å². The Morgan fingerprint density at radius 2 is 1.93 bits per heavy atom. The third kappa shape index (κ3) is 4.44. The summed E-state index contributed by atoms with van der Waals surface area (Å²) in [4.78, 5) is 9.71. The minimum Gasteiger partial charge on any atom is -0.383 e. The summed E-state index contributed by atoms with van der Waals surface area (Å²) in [5.74, 6) is -0.576. The third-order valence-electron chi connectivity index (χ3n) is 3.08. The van der Waals surface area contributed by atoms with Gasteiger partial charge in [-0.05, 0) is 25.2 Å². The molecule has 0 aliphatic heterocycles. The standard InChI is InChI=1S/C10H20ClO3P/c11-7-6-10(12)15(13,14)8-9-4-2-1-3-5-9/h9-10,12H,1-8H2,(H,13,14)/t10-/m0/s1. The van der Waals surface area contributed by atoms with Crippen LogP contribution in [0.3, 0.4) is 0 Å². The fourth-order valence-corrected chi connectivity index (χ4v) is 4.40. The maximum atomic E-state index is 11.8. The number of rotatable bonds is 5. The van der Waals surface area contributed by atoms with Gasteiger partial charge in [0, 0.05) is 12.0 Å². The van der Waals surface area contributed by atoms with E-state index in [4.69, 9.17) is 11.6 Å². The molecule has 0 saturated heterocycles. The first-order valence-corrected chi connectivity index (χ1v) is 8.06. The minimum absolute atomic E-state index is 0.210. The molecule has 1 fully saturated rings. The van der Waals surface area contributed by atoms with E-state index < -0.39 is 13.2 Å². The molecule has 0 amide bonds. The first-order valence-electron chi connectivity index (χ1n) is 5.62. The predicted molar refractivity (Wildman–Crippen MR) is 62.6 cm³/mol. The Morgan fingerprint density at radius 3 is 2.47 bits per heavy atom. The van der Waals surface area contributed by atoms with Crippen LogP contribution in [-0.2, 0) is 4.57 Å². The summed E-state index contributed by atoms with van der Waals surface area (Å²) in [6, 6.07) is 0. The van der Waals surface area contributed by atoms with Crippen LogP contribution in [0.2, 0.25) is 0 Å². The molecule has 0 aromatic rings. The molecule has 0 radical (unpaired) electrons. The fraction of sp³-hybridized carbons (Fsp3) is 1.00. The Morgan fingerprint density at radius 1 is 1.33 bits per heavy atom. The quantitative estimate of drug-likeness (QED) is 0.586. The van der Waals surface area contributed by atoms with E-state index >= 15 is 0 Å².